The van der Waals surface area contributed by atoms with E-state index in [-0.39, 0.29) is 24.5 Å². The first-order valence-corrected chi connectivity index (χ1v) is 9.91. The van der Waals surface area contributed by atoms with Crippen LogP contribution in [0, 0.1) is 0 Å². The van der Waals surface area contributed by atoms with E-state index in [1.54, 1.807) is 21.7 Å². The van der Waals surface area contributed by atoms with E-state index in [2.05, 4.69) is 10.4 Å². The third kappa shape index (κ3) is 3.77. The molecule has 0 saturated carbocycles. The molecule has 28 heavy (non-hydrogen) atoms. The number of hydrogen-bond acceptors (Lipinski definition) is 5. The van der Waals surface area contributed by atoms with E-state index in [4.69, 9.17) is 4.74 Å². The SMILES string of the molecule is Cn1cc2c(n1)N(C(=O)c1ccsc1)CCC2NC(=O)COc1ccccc1. The normalized spacial score (nSPS) is 15.8. The Morgan fingerprint density at radius 2 is 2.11 bits per heavy atom. The monoisotopic (exact) mass is 396 g/mol. The van der Waals surface area contributed by atoms with Crippen molar-refractivity contribution >= 4 is 29.0 Å². The van der Waals surface area contributed by atoms with Crippen LogP contribution in [-0.2, 0) is 11.8 Å². The maximum Gasteiger partial charge on any atom is 0.260 e. The first-order valence-electron chi connectivity index (χ1n) is 8.96. The smallest absolute Gasteiger partial charge is 0.260 e. The third-order valence-electron chi connectivity index (χ3n) is 4.57. The van der Waals surface area contributed by atoms with Crippen LogP contribution in [0.3, 0.4) is 0 Å². The van der Waals surface area contributed by atoms with Crippen molar-refractivity contribution in [2.45, 2.75) is 12.5 Å². The molecule has 1 N–H and O–H groups in total. The van der Waals surface area contributed by atoms with Gasteiger partial charge in [0.2, 0.25) is 0 Å². The number of para-hydroxylation sites is 1. The molecule has 1 unspecified atom stereocenters. The minimum Gasteiger partial charge on any atom is -0.484 e. The Bertz CT molecular complexity index is 969. The molecular formula is C20H20N4O3S. The van der Waals surface area contributed by atoms with Gasteiger partial charge in [0.15, 0.2) is 12.4 Å². The van der Waals surface area contributed by atoms with E-state index in [0.29, 0.717) is 30.1 Å². The van der Waals surface area contributed by atoms with Crippen molar-refractivity contribution in [1.82, 2.24) is 15.1 Å². The van der Waals surface area contributed by atoms with E-state index in [0.717, 1.165) is 5.56 Å². The molecule has 0 aliphatic carbocycles. The molecule has 0 spiro atoms. The second-order valence-corrected chi connectivity index (χ2v) is 7.34. The zero-order valence-electron chi connectivity index (χ0n) is 15.4. The lowest BCUT2D eigenvalue weighted by Crippen LogP contribution is -2.41. The number of nitrogens with one attached hydrogen (secondary N) is 1. The highest BCUT2D eigenvalue weighted by molar-refractivity contribution is 7.08. The van der Waals surface area contributed by atoms with Crippen LogP contribution in [0.15, 0.2) is 53.4 Å². The molecule has 0 radical (unpaired) electrons. The third-order valence-corrected chi connectivity index (χ3v) is 5.25. The summed E-state index contributed by atoms with van der Waals surface area (Å²) in [6.45, 7) is 0.427. The largest absolute Gasteiger partial charge is 0.484 e. The molecule has 0 bridgehead atoms. The van der Waals surface area contributed by atoms with Gasteiger partial charge in [-0.1, -0.05) is 18.2 Å². The predicted molar refractivity (Wildman–Crippen MR) is 107 cm³/mol. The van der Waals surface area contributed by atoms with E-state index >= 15 is 0 Å². The van der Waals surface area contributed by atoms with Crippen LogP contribution in [0.5, 0.6) is 5.75 Å². The van der Waals surface area contributed by atoms with Crippen LogP contribution in [0.25, 0.3) is 0 Å². The van der Waals surface area contributed by atoms with Gasteiger partial charge in [0.05, 0.1) is 11.6 Å². The highest BCUT2D eigenvalue weighted by Crippen LogP contribution is 2.33. The Labute approximate surface area is 166 Å². The Hall–Kier alpha value is -3.13. The maximum atomic E-state index is 12.8. The summed E-state index contributed by atoms with van der Waals surface area (Å²) in [6.07, 6.45) is 2.47. The molecule has 3 aromatic rings. The van der Waals surface area contributed by atoms with Crippen LogP contribution < -0.4 is 15.0 Å². The lowest BCUT2D eigenvalue weighted by atomic mass is 10.0. The Morgan fingerprint density at radius 1 is 1.29 bits per heavy atom. The summed E-state index contributed by atoms with van der Waals surface area (Å²) in [5, 5.41) is 11.2. The van der Waals surface area contributed by atoms with E-state index < -0.39 is 0 Å². The van der Waals surface area contributed by atoms with Crippen LogP contribution >= 0.6 is 11.3 Å². The summed E-state index contributed by atoms with van der Waals surface area (Å²) in [6, 6.07) is 10.8. The van der Waals surface area contributed by atoms with Gasteiger partial charge >= 0.3 is 0 Å². The number of benzene rings is 1. The van der Waals surface area contributed by atoms with Crippen LogP contribution in [0.2, 0.25) is 0 Å². The molecule has 3 heterocycles. The maximum absolute atomic E-state index is 12.8. The summed E-state index contributed by atoms with van der Waals surface area (Å²) in [5.74, 6) is 0.967. The van der Waals surface area contributed by atoms with Gasteiger partial charge in [0, 0.05) is 30.7 Å². The van der Waals surface area contributed by atoms with Crippen molar-refractivity contribution in [2.75, 3.05) is 18.1 Å². The molecule has 1 aliphatic heterocycles. The topological polar surface area (TPSA) is 76.5 Å². The molecule has 2 aromatic heterocycles. The molecule has 0 fully saturated rings. The fraction of sp³-hybridized carbons (Fsp3) is 0.250. The second-order valence-electron chi connectivity index (χ2n) is 6.56. The minimum absolute atomic E-state index is 0.0618. The van der Waals surface area contributed by atoms with E-state index in [1.807, 2.05) is 48.3 Å². The quantitative estimate of drug-likeness (QED) is 0.720. The molecule has 7 nitrogen and oxygen atoms in total. The second kappa shape index (κ2) is 7.85. The zero-order valence-corrected chi connectivity index (χ0v) is 16.2. The van der Waals surface area contributed by atoms with Gasteiger partial charge in [-0.05, 0) is 30.0 Å². The number of carbonyl (C=O) groups excluding carboxylic acids is 2. The van der Waals surface area contributed by atoms with Gasteiger partial charge in [0.1, 0.15) is 5.75 Å². The van der Waals surface area contributed by atoms with Crippen molar-refractivity contribution in [3.63, 3.8) is 0 Å². The number of rotatable bonds is 5. The van der Waals surface area contributed by atoms with Gasteiger partial charge in [-0.15, -0.1) is 0 Å². The lowest BCUT2D eigenvalue weighted by Gasteiger charge is -2.31. The highest BCUT2D eigenvalue weighted by Gasteiger charge is 2.33. The van der Waals surface area contributed by atoms with Gasteiger partial charge in [0.25, 0.3) is 11.8 Å². The number of fused-ring (bicyclic) bond motifs is 1. The number of ether oxygens (including phenoxy) is 1. The molecule has 8 heteroatoms. The summed E-state index contributed by atoms with van der Waals surface area (Å²) in [5.41, 5.74) is 1.49. The number of carbonyl (C=O) groups is 2. The summed E-state index contributed by atoms with van der Waals surface area (Å²) < 4.78 is 7.18. The molecule has 144 valence electrons. The Morgan fingerprint density at radius 3 is 2.86 bits per heavy atom. The van der Waals surface area contributed by atoms with Crippen molar-refractivity contribution in [3.05, 3.63) is 64.5 Å². The molecule has 4 rings (SSSR count). The first kappa shape index (κ1) is 18.2. The fourth-order valence-electron chi connectivity index (χ4n) is 3.26. The first-order chi connectivity index (χ1) is 13.6. The van der Waals surface area contributed by atoms with Crippen LogP contribution in [0.1, 0.15) is 28.4 Å². The highest BCUT2D eigenvalue weighted by atomic mass is 32.1. The van der Waals surface area contributed by atoms with Crippen LogP contribution in [0.4, 0.5) is 5.82 Å². The Kier molecular flexibility index (Phi) is 5.12. The summed E-state index contributed by atoms with van der Waals surface area (Å²) in [7, 11) is 1.81. The Balaban J connectivity index is 1.46. The summed E-state index contributed by atoms with van der Waals surface area (Å²) in [4.78, 5) is 26.8. The molecule has 1 aliphatic rings. The number of thiophene rings is 1. The van der Waals surface area contributed by atoms with Crippen molar-refractivity contribution in [1.29, 1.82) is 0 Å². The van der Waals surface area contributed by atoms with Gasteiger partial charge in [-0.3, -0.25) is 19.2 Å². The van der Waals surface area contributed by atoms with E-state index in [1.165, 1.54) is 11.3 Å². The van der Waals surface area contributed by atoms with Crippen molar-refractivity contribution in [3.8, 4) is 5.75 Å². The molecule has 1 atom stereocenters. The number of anilines is 1. The molecular weight excluding hydrogens is 376 g/mol. The average molecular weight is 396 g/mol. The summed E-state index contributed by atoms with van der Waals surface area (Å²) >= 11 is 1.49. The fourth-order valence-corrected chi connectivity index (χ4v) is 3.89. The number of amides is 2. The zero-order chi connectivity index (χ0) is 19.5. The van der Waals surface area contributed by atoms with Crippen molar-refractivity contribution in [2.24, 2.45) is 7.05 Å². The minimum atomic E-state index is -0.207. The predicted octanol–water partition coefficient (Wildman–Crippen LogP) is 2.77. The number of aryl methyl sites for hydroxylation is 1. The van der Waals surface area contributed by atoms with Crippen LogP contribution in [-0.4, -0.2) is 34.7 Å². The van der Waals surface area contributed by atoms with Gasteiger partial charge in [-0.25, -0.2) is 0 Å². The molecule has 2 amide bonds. The van der Waals surface area contributed by atoms with E-state index in [9.17, 15) is 9.59 Å². The standard InChI is InChI=1S/C20H20N4O3S/c1-23-11-16-17(21-18(25)12-27-15-5-3-2-4-6-15)7-9-24(19(16)22-23)20(26)14-8-10-28-13-14/h2-6,8,10-11,13,17H,7,9,12H2,1H3,(H,21,25). The molecule has 0 saturated heterocycles. The van der Waals surface area contributed by atoms with Gasteiger partial charge < -0.3 is 10.1 Å². The number of nitrogens with zero attached hydrogens (tertiary/aromatic N) is 3. The van der Waals surface area contributed by atoms with Gasteiger partial charge in [-0.2, -0.15) is 16.4 Å². The number of hydrogen-bond donors (Lipinski definition) is 1. The average Bonchev–Trinajstić information content (AvgIpc) is 3.36. The number of aromatic nitrogens is 2. The lowest BCUT2D eigenvalue weighted by molar-refractivity contribution is -0.123. The molecule has 1 aromatic carbocycles. The van der Waals surface area contributed by atoms with Crippen molar-refractivity contribution < 1.29 is 14.3 Å².